The van der Waals surface area contributed by atoms with Crippen molar-refractivity contribution < 1.29 is 7.93 Å². The Hall–Kier alpha value is -0.280. The molecular weight excluding hydrogens is 197 g/mol. The zero-order valence-corrected chi connectivity index (χ0v) is 7.64. The minimum absolute atomic E-state index is 0.0402. The molecule has 4 heteroatoms. The Morgan fingerprint density at radius 3 is 3.00 bits per heavy atom. The van der Waals surface area contributed by atoms with Crippen LogP contribution in [0.3, 0.4) is 0 Å². The summed E-state index contributed by atoms with van der Waals surface area (Å²) in [6.45, 7) is -0.0402. The smallest absolute Gasteiger partial charge is 0.211 e. The number of benzene rings is 1. The van der Waals surface area contributed by atoms with E-state index in [4.69, 9.17) is 27.5 Å². The molecule has 1 rings (SSSR count). The lowest BCUT2D eigenvalue weighted by atomic mass is 10.1. The van der Waals surface area contributed by atoms with Crippen LogP contribution in [0.15, 0.2) is 18.2 Å². The van der Waals surface area contributed by atoms with Gasteiger partial charge in [0.1, 0.15) is 2.82 Å². The second-order valence-electron chi connectivity index (χ2n) is 2.34. The van der Waals surface area contributed by atoms with Crippen LogP contribution in [0.25, 0.3) is 0 Å². The average molecular weight is 209 g/mol. The zero-order chi connectivity index (χ0) is 11.4. The van der Waals surface area contributed by atoms with Gasteiger partial charge in [0.25, 0.3) is 0 Å². The van der Waals surface area contributed by atoms with E-state index in [-0.39, 0.29) is 6.54 Å². The third-order valence-electron chi connectivity index (χ3n) is 1.48. The van der Waals surface area contributed by atoms with Crippen LogP contribution in [0, 0.1) is 0 Å². The Morgan fingerprint density at radius 2 is 2.42 bits per heavy atom. The summed E-state index contributed by atoms with van der Waals surface area (Å²) in [6, 6.07) is 4.80. The highest BCUT2D eigenvalue weighted by atomic mass is 35.5. The van der Waals surface area contributed by atoms with E-state index < -0.39 is 6.10 Å². The van der Waals surface area contributed by atoms with Gasteiger partial charge in [0.05, 0.1) is 16.1 Å². The Bertz CT molecular complexity index is 338. The molecule has 0 heterocycles. The van der Waals surface area contributed by atoms with E-state index in [1.807, 2.05) is 0 Å². The number of hydrogen-bond donors (Lipinski definition) is 2. The fourth-order valence-electron chi connectivity index (χ4n) is 0.818. The molecule has 0 saturated heterocycles. The summed E-state index contributed by atoms with van der Waals surface area (Å²) in [5.41, 5.74) is 1.06. The predicted molar refractivity (Wildman–Crippen MR) is 50.5 cm³/mol. The SMILES string of the molecule is [2H]OC(CN([2H])[2H])c1ccc(Cl)c(Cl)c1. The third kappa shape index (κ3) is 2.11. The van der Waals surface area contributed by atoms with Crippen molar-refractivity contribution in [2.24, 2.45) is 5.72 Å². The quantitative estimate of drug-likeness (QED) is 0.796. The van der Waals surface area contributed by atoms with Crippen LogP contribution in [-0.4, -0.2) is 13.1 Å². The Balaban J connectivity index is 2.87. The van der Waals surface area contributed by atoms with E-state index in [9.17, 15) is 0 Å². The van der Waals surface area contributed by atoms with E-state index in [0.29, 0.717) is 21.3 Å². The topological polar surface area (TPSA) is 46.2 Å². The summed E-state index contributed by atoms with van der Waals surface area (Å²) < 4.78 is 20.7. The maximum absolute atomic E-state index is 6.93. The van der Waals surface area contributed by atoms with Gasteiger partial charge in [0.2, 0.25) is 1.43 Å². The van der Waals surface area contributed by atoms with Gasteiger partial charge < -0.3 is 10.8 Å². The van der Waals surface area contributed by atoms with E-state index >= 15 is 0 Å². The molecule has 0 saturated carbocycles. The first-order valence-corrected chi connectivity index (χ1v) is 4.12. The van der Waals surface area contributed by atoms with Gasteiger partial charge in [-0.15, -0.1) is 0 Å². The summed E-state index contributed by atoms with van der Waals surface area (Å²) in [7, 11) is 0. The minimum Gasteiger partial charge on any atom is -0.387 e. The second kappa shape index (κ2) is 4.10. The minimum atomic E-state index is -0.685. The number of nitrogens with two attached hydrogens (primary N) is 1. The molecule has 3 N–H and O–H groups in total. The molecule has 0 aliphatic carbocycles. The van der Waals surface area contributed by atoms with Crippen LogP contribution in [0.5, 0.6) is 0 Å². The molecule has 0 bridgehead atoms. The van der Waals surface area contributed by atoms with Gasteiger partial charge in [0.15, 0.2) is 0 Å². The first kappa shape index (κ1) is 6.22. The predicted octanol–water partition coefficient (Wildman–Crippen LogP) is 1.99. The fourth-order valence-corrected chi connectivity index (χ4v) is 1.12. The molecule has 2 nitrogen and oxygen atoms in total. The molecule has 0 amide bonds. The zero-order valence-electron chi connectivity index (χ0n) is 9.13. The van der Waals surface area contributed by atoms with Gasteiger partial charge in [-0.05, 0) is 17.7 Å². The van der Waals surface area contributed by atoms with Crippen LogP contribution >= 0.6 is 23.2 Å². The van der Waals surface area contributed by atoms with Gasteiger partial charge >= 0.3 is 0 Å². The number of halogens is 2. The number of hydrogen-bond acceptors (Lipinski definition) is 2. The molecule has 12 heavy (non-hydrogen) atoms. The molecule has 0 spiro atoms. The van der Waals surface area contributed by atoms with Crippen molar-refractivity contribution in [1.29, 1.82) is 1.43 Å². The third-order valence-corrected chi connectivity index (χ3v) is 2.22. The lowest BCUT2D eigenvalue weighted by molar-refractivity contribution is 0.187. The fraction of sp³-hybridized carbons (Fsp3) is 0.250. The highest BCUT2D eigenvalue weighted by Crippen LogP contribution is 2.25. The van der Waals surface area contributed by atoms with Gasteiger partial charge in [-0.1, -0.05) is 29.3 Å². The molecule has 1 aromatic rings. The largest absolute Gasteiger partial charge is 0.387 e. The monoisotopic (exact) mass is 208 g/mol. The summed E-state index contributed by atoms with van der Waals surface area (Å²) >= 11 is 11.5. The van der Waals surface area contributed by atoms with Crippen LogP contribution in [0.4, 0.5) is 0 Å². The van der Waals surface area contributed by atoms with Crippen molar-refractivity contribution >= 4 is 23.2 Å². The molecule has 66 valence electrons. The van der Waals surface area contributed by atoms with E-state index in [0.717, 1.165) is 0 Å². The van der Waals surface area contributed by atoms with E-state index in [1.54, 1.807) is 18.2 Å². The molecular formula is C8H9Cl2NO. The van der Waals surface area contributed by atoms with E-state index in [1.165, 1.54) is 0 Å². The lowest BCUT2D eigenvalue weighted by Crippen LogP contribution is -2.11. The van der Waals surface area contributed by atoms with Crippen molar-refractivity contribution in [2.45, 2.75) is 6.10 Å². The van der Waals surface area contributed by atoms with Crippen LogP contribution < -0.4 is 5.72 Å². The molecule has 0 aliphatic heterocycles. The van der Waals surface area contributed by atoms with Crippen molar-refractivity contribution in [3.05, 3.63) is 33.8 Å². The number of aliphatic hydroxyl groups is 1. The molecule has 1 unspecified atom stereocenters. The maximum Gasteiger partial charge on any atom is 0.211 e. The van der Waals surface area contributed by atoms with E-state index in [2.05, 4.69) is 5.11 Å². The molecule has 0 radical (unpaired) electrons. The normalized spacial score (nSPS) is 16.8. The molecule has 1 aromatic carbocycles. The van der Waals surface area contributed by atoms with Gasteiger partial charge in [-0.2, -0.15) is 0 Å². The summed E-state index contributed by atoms with van der Waals surface area (Å²) in [5, 5.41) is 5.18. The van der Waals surface area contributed by atoms with Crippen LogP contribution in [-0.2, 0) is 0 Å². The Labute approximate surface area is 85.3 Å². The summed E-state index contributed by atoms with van der Waals surface area (Å²) in [4.78, 5) is 0. The first-order chi connectivity index (χ1) is 7.04. The number of aliphatic hydroxyl groups excluding tert-OH is 1. The first-order valence-electron chi connectivity index (χ1n) is 4.67. The summed E-state index contributed by atoms with van der Waals surface area (Å²) in [6.07, 6.45) is -0.685. The van der Waals surface area contributed by atoms with Gasteiger partial charge in [-0.3, -0.25) is 0 Å². The highest BCUT2D eigenvalue weighted by molar-refractivity contribution is 6.42. The van der Waals surface area contributed by atoms with Crippen molar-refractivity contribution in [3.8, 4) is 0 Å². The maximum atomic E-state index is 6.93. The second-order valence-corrected chi connectivity index (χ2v) is 3.16. The van der Waals surface area contributed by atoms with Gasteiger partial charge in [0, 0.05) is 6.54 Å². The molecule has 0 aromatic heterocycles. The Morgan fingerprint density at radius 1 is 1.58 bits per heavy atom. The van der Waals surface area contributed by atoms with Crippen molar-refractivity contribution in [1.82, 2.24) is 0 Å². The lowest BCUT2D eigenvalue weighted by Gasteiger charge is -2.08. The molecule has 1 atom stereocenters. The molecule has 0 fully saturated rings. The molecule has 0 aliphatic rings. The summed E-state index contributed by atoms with van der Waals surface area (Å²) in [5.74, 6) is 0. The van der Waals surface area contributed by atoms with Crippen LogP contribution in [0.2, 0.25) is 12.9 Å². The van der Waals surface area contributed by atoms with Crippen molar-refractivity contribution in [2.75, 3.05) is 6.54 Å². The average Bonchev–Trinajstić information content (AvgIpc) is 2.18. The van der Waals surface area contributed by atoms with Crippen LogP contribution in [0.1, 0.15) is 11.7 Å². The van der Waals surface area contributed by atoms with Gasteiger partial charge in [-0.25, -0.2) is 0 Å². The highest BCUT2D eigenvalue weighted by Gasteiger charge is 2.06. The van der Waals surface area contributed by atoms with Crippen molar-refractivity contribution in [3.63, 3.8) is 0 Å². The standard InChI is InChI=1S/C8H9Cl2NO/c9-6-2-1-5(3-7(6)10)8(12)4-11/h1-3,8,12H,4,11H2/i12D/hD2. The number of rotatable bonds is 4. The Kier molecular flexibility index (Phi) is 2.12.